The summed E-state index contributed by atoms with van der Waals surface area (Å²) in [5.41, 5.74) is 2.75. The predicted molar refractivity (Wildman–Crippen MR) is 97.9 cm³/mol. The van der Waals surface area contributed by atoms with Crippen LogP contribution >= 0.6 is 0 Å². The van der Waals surface area contributed by atoms with Gasteiger partial charge in [-0.2, -0.15) is 4.98 Å². The molecule has 1 N–H and O–H groups in total. The van der Waals surface area contributed by atoms with E-state index in [2.05, 4.69) is 25.0 Å². The largest absolute Gasteiger partial charge is 0.348 e. The number of nitrogens with one attached hydrogen (secondary N) is 1. The Labute approximate surface area is 154 Å². The minimum atomic E-state index is -0.295. The van der Waals surface area contributed by atoms with Crippen molar-refractivity contribution in [1.29, 1.82) is 0 Å². The number of carbonyl (C=O) groups is 1. The molecule has 4 rings (SSSR count). The Balaban J connectivity index is 1.67. The van der Waals surface area contributed by atoms with Gasteiger partial charge in [-0.3, -0.25) is 14.6 Å². The first-order chi connectivity index (χ1) is 12.8. The number of nitrogens with zero attached hydrogens (tertiary/aromatic N) is 7. The summed E-state index contributed by atoms with van der Waals surface area (Å²) in [5, 5.41) is 4.30. The summed E-state index contributed by atoms with van der Waals surface area (Å²) in [5.74, 6) is 0.668. The lowest BCUT2D eigenvalue weighted by atomic mass is 10.1. The first-order valence-electron chi connectivity index (χ1n) is 8.63. The van der Waals surface area contributed by atoms with Crippen molar-refractivity contribution in [2.24, 2.45) is 0 Å². The third kappa shape index (κ3) is 2.92. The molecule has 4 heterocycles. The summed E-state index contributed by atoms with van der Waals surface area (Å²) in [6.45, 7) is 4.43. The van der Waals surface area contributed by atoms with Gasteiger partial charge in [0.1, 0.15) is 0 Å². The Bertz CT molecular complexity index is 1110. The van der Waals surface area contributed by atoms with Gasteiger partial charge in [-0.25, -0.2) is 14.5 Å². The molecule has 1 aliphatic rings. The molecule has 3 aromatic rings. The smallest absolute Gasteiger partial charge is 0.293 e. The highest BCUT2D eigenvalue weighted by atomic mass is 16.2. The number of carbonyl (C=O) groups excluding carboxylic acids is 1. The zero-order valence-electron chi connectivity index (χ0n) is 15.6. The van der Waals surface area contributed by atoms with Crippen LogP contribution in [0.3, 0.4) is 0 Å². The number of hydrogen-bond donors (Lipinski definition) is 1. The molecule has 1 aliphatic heterocycles. The summed E-state index contributed by atoms with van der Waals surface area (Å²) >= 11 is 0. The quantitative estimate of drug-likeness (QED) is 0.682. The van der Waals surface area contributed by atoms with E-state index in [1.165, 1.54) is 0 Å². The molecule has 10 nitrogen and oxygen atoms in total. The van der Waals surface area contributed by atoms with E-state index in [0.29, 0.717) is 35.9 Å². The summed E-state index contributed by atoms with van der Waals surface area (Å²) < 4.78 is 1.56. The normalized spacial score (nSPS) is 13.7. The lowest BCUT2D eigenvalue weighted by molar-refractivity contribution is 0.0719. The van der Waals surface area contributed by atoms with Gasteiger partial charge in [0.2, 0.25) is 11.8 Å². The van der Waals surface area contributed by atoms with E-state index < -0.39 is 0 Å². The van der Waals surface area contributed by atoms with Crippen molar-refractivity contribution < 1.29 is 4.79 Å². The fraction of sp³-hybridized carbons (Fsp3) is 0.412. The lowest BCUT2D eigenvalue weighted by Gasteiger charge is -2.27. The van der Waals surface area contributed by atoms with E-state index >= 15 is 0 Å². The molecule has 1 amide bonds. The van der Waals surface area contributed by atoms with E-state index in [1.807, 2.05) is 19.9 Å². The Kier molecular flexibility index (Phi) is 3.90. The molecule has 0 radical (unpaired) electrons. The van der Waals surface area contributed by atoms with Crippen LogP contribution in [0.5, 0.6) is 0 Å². The minimum absolute atomic E-state index is 0.0947. The summed E-state index contributed by atoms with van der Waals surface area (Å²) in [6, 6.07) is 1.88. The predicted octanol–water partition coefficient (Wildman–Crippen LogP) is 0.0889. The fourth-order valence-corrected chi connectivity index (χ4v) is 3.21. The van der Waals surface area contributed by atoms with Crippen LogP contribution in [0.15, 0.2) is 10.9 Å². The topological polar surface area (TPSA) is 112 Å². The minimum Gasteiger partial charge on any atom is -0.348 e. The third-order valence-corrected chi connectivity index (χ3v) is 4.58. The molecule has 0 saturated heterocycles. The molecule has 27 heavy (non-hydrogen) atoms. The SMILES string of the molecule is Cc1cc(C)n2nc(C(=O)N3CCc4c(nc(N(C)C)[nH]c4=O)C3)nc2n1. The molecule has 0 aliphatic carbocycles. The van der Waals surface area contributed by atoms with Crippen LogP contribution < -0.4 is 10.5 Å². The van der Waals surface area contributed by atoms with Gasteiger partial charge in [0, 0.05) is 37.6 Å². The van der Waals surface area contributed by atoms with Crippen LogP contribution in [0.2, 0.25) is 0 Å². The lowest BCUT2D eigenvalue weighted by Crippen LogP contribution is -2.40. The zero-order chi connectivity index (χ0) is 19.3. The maximum atomic E-state index is 12.9. The molecule has 3 aromatic heterocycles. The zero-order valence-corrected chi connectivity index (χ0v) is 15.6. The fourth-order valence-electron chi connectivity index (χ4n) is 3.21. The van der Waals surface area contributed by atoms with Gasteiger partial charge in [0.05, 0.1) is 12.2 Å². The number of fused-ring (bicyclic) bond motifs is 2. The molecular formula is C17H20N8O2. The Morgan fingerprint density at radius 1 is 1.22 bits per heavy atom. The van der Waals surface area contributed by atoms with Gasteiger partial charge in [0.25, 0.3) is 17.2 Å². The average Bonchev–Trinajstić information content (AvgIpc) is 3.04. The molecule has 140 valence electrons. The van der Waals surface area contributed by atoms with E-state index in [4.69, 9.17) is 0 Å². The molecule has 0 atom stereocenters. The highest BCUT2D eigenvalue weighted by Crippen LogP contribution is 2.17. The van der Waals surface area contributed by atoms with Gasteiger partial charge in [0.15, 0.2) is 0 Å². The molecule has 10 heteroatoms. The maximum absolute atomic E-state index is 12.9. The van der Waals surface area contributed by atoms with Gasteiger partial charge >= 0.3 is 0 Å². The number of hydrogen-bond acceptors (Lipinski definition) is 7. The first kappa shape index (κ1) is 17.1. The number of H-pyrrole nitrogens is 1. The molecule has 0 saturated carbocycles. The first-order valence-corrected chi connectivity index (χ1v) is 8.63. The maximum Gasteiger partial charge on any atom is 0.293 e. The number of anilines is 1. The van der Waals surface area contributed by atoms with Crippen LogP contribution in [0.1, 0.15) is 33.3 Å². The third-order valence-electron chi connectivity index (χ3n) is 4.58. The number of aromatic nitrogens is 6. The molecule has 0 aromatic carbocycles. The van der Waals surface area contributed by atoms with Crippen molar-refractivity contribution in [2.75, 3.05) is 25.5 Å². The number of rotatable bonds is 2. The second-order valence-electron chi connectivity index (χ2n) is 6.87. The second-order valence-corrected chi connectivity index (χ2v) is 6.87. The van der Waals surface area contributed by atoms with Gasteiger partial charge < -0.3 is 9.80 Å². The van der Waals surface area contributed by atoms with Crippen LogP contribution in [0, 0.1) is 13.8 Å². The Hall–Kier alpha value is -3.30. The molecule has 0 bridgehead atoms. The van der Waals surface area contributed by atoms with Crippen molar-refractivity contribution in [3.8, 4) is 0 Å². The Morgan fingerprint density at radius 2 is 2.00 bits per heavy atom. The second kappa shape index (κ2) is 6.15. The molecule has 0 fully saturated rings. The van der Waals surface area contributed by atoms with Crippen LogP contribution in [-0.2, 0) is 13.0 Å². The van der Waals surface area contributed by atoms with Crippen molar-refractivity contribution in [3.05, 3.63) is 44.9 Å². The standard InChI is InChI=1S/C17H20N8O2/c1-9-7-10(2)25-17(18-9)20-13(22-25)15(27)24-6-5-11-12(8-24)19-16(23(3)4)21-14(11)26/h7H,5-6,8H2,1-4H3,(H,19,21,26). The van der Waals surface area contributed by atoms with Crippen LogP contribution in [0.4, 0.5) is 5.95 Å². The van der Waals surface area contributed by atoms with E-state index in [-0.39, 0.29) is 23.8 Å². The summed E-state index contributed by atoms with van der Waals surface area (Å²) in [7, 11) is 3.60. The highest BCUT2D eigenvalue weighted by Gasteiger charge is 2.28. The molecular weight excluding hydrogens is 348 g/mol. The monoisotopic (exact) mass is 368 g/mol. The average molecular weight is 368 g/mol. The molecule has 0 spiro atoms. The van der Waals surface area contributed by atoms with Crippen molar-refractivity contribution in [2.45, 2.75) is 26.8 Å². The number of amides is 1. The Morgan fingerprint density at radius 3 is 2.74 bits per heavy atom. The van der Waals surface area contributed by atoms with E-state index in [9.17, 15) is 9.59 Å². The van der Waals surface area contributed by atoms with Crippen LogP contribution in [-0.4, -0.2) is 61.0 Å². The summed E-state index contributed by atoms with van der Waals surface area (Å²) in [6.07, 6.45) is 0.445. The van der Waals surface area contributed by atoms with Crippen LogP contribution in [0.25, 0.3) is 5.78 Å². The van der Waals surface area contributed by atoms with Gasteiger partial charge in [-0.1, -0.05) is 0 Å². The van der Waals surface area contributed by atoms with Crippen molar-refractivity contribution >= 4 is 17.6 Å². The summed E-state index contributed by atoms with van der Waals surface area (Å²) in [4.78, 5) is 44.4. The van der Waals surface area contributed by atoms with Crippen molar-refractivity contribution in [1.82, 2.24) is 34.4 Å². The van der Waals surface area contributed by atoms with E-state index in [1.54, 1.807) is 28.4 Å². The van der Waals surface area contributed by atoms with Gasteiger partial charge in [-0.05, 0) is 26.3 Å². The molecule has 0 unspecified atom stereocenters. The van der Waals surface area contributed by atoms with Crippen molar-refractivity contribution in [3.63, 3.8) is 0 Å². The van der Waals surface area contributed by atoms with Gasteiger partial charge in [-0.15, -0.1) is 5.10 Å². The van der Waals surface area contributed by atoms with E-state index in [0.717, 1.165) is 11.4 Å². The highest BCUT2D eigenvalue weighted by molar-refractivity contribution is 5.91. The number of aryl methyl sites for hydroxylation is 2. The number of aromatic amines is 1.